The predicted molar refractivity (Wildman–Crippen MR) is 138 cm³/mol. The van der Waals surface area contributed by atoms with E-state index in [0.29, 0.717) is 17.6 Å². The summed E-state index contributed by atoms with van der Waals surface area (Å²) in [5, 5.41) is 12.2. The second-order valence-corrected chi connectivity index (χ2v) is 9.03. The fourth-order valence-corrected chi connectivity index (χ4v) is 4.60. The Morgan fingerprint density at radius 2 is 1.75 bits per heavy atom. The number of carboxylic acid groups (broad SMARTS) is 1. The number of hydrogen-bond acceptors (Lipinski definition) is 5. The number of aromatic nitrogens is 3. The van der Waals surface area contributed by atoms with E-state index in [0.717, 1.165) is 48.2 Å². The van der Waals surface area contributed by atoms with Crippen LogP contribution in [0.3, 0.4) is 0 Å². The molecule has 2 N–H and O–H groups in total. The molecule has 3 aromatic rings. The van der Waals surface area contributed by atoms with Crippen LogP contribution in [0.5, 0.6) is 0 Å². The average Bonchev–Trinajstić information content (AvgIpc) is 2.89. The maximum absolute atomic E-state index is 13.0. The molecule has 0 aliphatic heterocycles. The molecule has 0 aromatic carbocycles. The summed E-state index contributed by atoms with van der Waals surface area (Å²) in [5.41, 5.74) is 3.43. The van der Waals surface area contributed by atoms with Gasteiger partial charge in [0.1, 0.15) is 11.6 Å². The number of alkyl halides is 2. The van der Waals surface area contributed by atoms with Crippen molar-refractivity contribution in [2.24, 2.45) is 11.8 Å². The van der Waals surface area contributed by atoms with Gasteiger partial charge < -0.3 is 10.4 Å². The molecule has 192 valence electrons. The van der Waals surface area contributed by atoms with Crippen molar-refractivity contribution >= 4 is 17.6 Å². The van der Waals surface area contributed by atoms with Gasteiger partial charge in [0.15, 0.2) is 0 Å². The van der Waals surface area contributed by atoms with E-state index >= 15 is 0 Å². The molecule has 1 atom stereocenters. The van der Waals surface area contributed by atoms with E-state index < -0.39 is 12.4 Å². The largest absolute Gasteiger partial charge is 0.481 e. The number of anilines is 2. The molecule has 6 nitrogen and oxygen atoms in total. The first-order chi connectivity index (χ1) is 17.3. The molecular formula is C28H34F2N4O2. The predicted octanol–water partition coefficient (Wildman–Crippen LogP) is 7.55. The fraction of sp³-hybridized carbons (Fsp3) is 0.429. The van der Waals surface area contributed by atoms with E-state index in [1.807, 2.05) is 45.0 Å². The Morgan fingerprint density at radius 3 is 2.36 bits per heavy atom. The minimum Gasteiger partial charge on any atom is -0.481 e. The molecule has 1 fully saturated rings. The van der Waals surface area contributed by atoms with Gasteiger partial charge in [-0.15, -0.1) is 0 Å². The molecule has 0 saturated heterocycles. The molecule has 3 aromatic heterocycles. The quantitative estimate of drug-likeness (QED) is 0.351. The maximum atomic E-state index is 13.0. The fourth-order valence-electron chi connectivity index (χ4n) is 4.60. The van der Waals surface area contributed by atoms with Crippen molar-refractivity contribution < 1.29 is 18.7 Å². The summed E-state index contributed by atoms with van der Waals surface area (Å²) >= 11 is 0. The number of pyridine rings is 3. The molecule has 1 aliphatic carbocycles. The molecule has 3 heterocycles. The maximum Gasteiger partial charge on any atom is 0.306 e. The van der Waals surface area contributed by atoms with Crippen LogP contribution < -0.4 is 5.32 Å². The topological polar surface area (TPSA) is 88.0 Å². The van der Waals surface area contributed by atoms with Gasteiger partial charge in [-0.05, 0) is 80.5 Å². The molecule has 0 radical (unpaired) electrons. The summed E-state index contributed by atoms with van der Waals surface area (Å²) < 4.78 is 26.0. The van der Waals surface area contributed by atoms with Crippen molar-refractivity contribution in [3.63, 3.8) is 0 Å². The highest BCUT2D eigenvalue weighted by molar-refractivity contribution is 5.70. The molecule has 0 bridgehead atoms. The van der Waals surface area contributed by atoms with Gasteiger partial charge in [0.05, 0.1) is 11.6 Å². The van der Waals surface area contributed by atoms with E-state index in [9.17, 15) is 18.7 Å². The zero-order valence-corrected chi connectivity index (χ0v) is 21.2. The molecule has 1 saturated carbocycles. The second-order valence-electron chi connectivity index (χ2n) is 9.03. The highest BCUT2D eigenvalue weighted by atomic mass is 19.3. The monoisotopic (exact) mass is 496 g/mol. The summed E-state index contributed by atoms with van der Waals surface area (Å²) in [5.74, 6) is 0.592. The molecule has 0 spiro atoms. The summed E-state index contributed by atoms with van der Waals surface area (Å²) in [6.45, 7) is 8.10. The number of carboxylic acids is 1. The van der Waals surface area contributed by atoms with Gasteiger partial charge in [-0.3, -0.25) is 9.78 Å². The van der Waals surface area contributed by atoms with Crippen LogP contribution in [0.15, 0.2) is 48.8 Å². The lowest BCUT2D eigenvalue weighted by Gasteiger charge is -2.30. The second kappa shape index (κ2) is 12.5. The number of rotatable bonds is 7. The SMILES string of the molecule is CC.Cc1cc(Nc2cc(C(F)F)ccn2)nc(-c2ccc(C(C)C3CCC(C(=O)O)CC3)nc2)c1. The first-order valence-corrected chi connectivity index (χ1v) is 12.5. The first-order valence-electron chi connectivity index (χ1n) is 12.5. The highest BCUT2D eigenvalue weighted by Crippen LogP contribution is 2.38. The average molecular weight is 497 g/mol. The van der Waals surface area contributed by atoms with Crippen LogP contribution in [-0.2, 0) is 4.79 Å². The third-order valence-corrected chi connectivity index (χ3v) is 6.64. The van der Waals surface area contributed by atoms with Crippen LogP contribution in [0, 0.1) is 18.8 Å². The molecule has 1 aliphatic rings. The molecular weight excluding hydrogens is 462 g/mol. The molecule has 8 heteroatoms. The molecule has 0 amide bonds. The van der Waals surface area contributed by atoms with Gasteiger partial charge in [-0.1, -0.05) is 20.8 Å². The van der Waals surface area contributed by atoms with E-state index in [-0.39, 0.29) is 17.4 Å². The number of nitrogens with one attached hydrogen (secondary N) is 1. The lowest BCUT2D eigenvalue weighted by atomic mass is 9.75. The zero-order chi connectivity index (χ0) is 26.2. The van der Waals surface area contributed by atoms with E-state index in [1.165, 1.54) is 18.3 Å². The van der Waals surface area contributed by atoms with Crippen LogP contribution in [0.25, 0.3) is 11.3 Å². The molecule has 1 unspecified atom stereocenters. The number of aliphatic carboxylic acids is 1. The van der Waals surface area contributed by atoms with Crippen molar-refractivity contribution in [1.29, 1.82) is 0 Å². The van der Waals surface area contributed by atoms with Gasteiger partial charge in [-0.25, -0.2) is 18.7 Å². The van der Waals surface area contributed by atoms with Crippen LogP contribution in [0.2, 0.25) is 0 Å². The zero-order valence-electron chi connectivity index (χ0n) is 21.2. The number of nitrogens with zero attached hydrogens (tertiary/aromatic N) is 3. The van der Waals surface area contributed by atoms with Crippen molar-refractivity contribution in [2.75, 3.05) is 5.32 Å². The Morgan fingerprint density at radius 1 is 1.03 bits per heavy atom. The number of carbonyl (C=O) groups is 1. The van der Waals surface area contributed by atoms with Crippen molar-refractivity contribution in [3.05, 3.63) is 65.6 Å². The molecule has 4 rings (SSSR count). The van der Waals surface area contributed by atoms with E-state index in [1.54, 1.807) is 6.20 Å². The standard InChI is InChI=1S/C26H28F2N4O2.C2H6/c1-15-11-22(31-24(12-15)32-23-13-19(25(27)28)9-10-29-23)20-7-8-21(30-14-20)16(2)17-3-5-18(6-4-17)26(33)34;1-2/h7-14,16-18,25H,3-6H2,1-2H3,(H,33,34)(H,29,31,32);1-2H3. The summed E-state index contributed by atoms with van der Waals surface area (Å²) in [4.78, 5) is 24.6. The lowest BCUT2D eigenvalue weighted by molar-refractivity contribution is -0.143. The third-order valence-electron chi connectivity index (χ3n) is 6.64. The summed E-state index contributed by atoms with van der Waals surface area (Å²) in [6, 6.07) is 10.4. The smallest absolute Gasteiger partial charge is 0.306 e. The van der Waals surface area contributed by atoms with Crippen LogP contribution >= 0.6 is 0 Å². The highest BCUT2D eigenvalue weighted by Gasteiger charge is 2.29. The van der Waals surface area contributed by atoms with Crippen LogP contribution in [-0.4, -0.2) is 26.0 Å². The minimum atomic E-state index is -2.57. The van der Waals surface area contributed by atoms with Crippen LogP contribution in [0.1, 0.15) is 75.6 Å². The van der Waals surface area contributed by atoms with Crippen molar-refractivity contribution in [3.8, 4) is 11.3 Å². The van der Waals surface area contributed by atoms with Gasteiger partial charge in [0.25, 0.3) is 6.43 Å². The Balaban J connectivity index is 0.00000176. The Kier molecular flexibility index (Phi) is 9.44. The minimum absolute atomic E-state index is 0.101. The van der Waals surface area contributed by atoms with Crippen molar-refractivity contribution in [2.45, 2.75) is 65.7 Å². The molecule has 36 heavy (non-hydrogen) atoms. The Labute approximate surface area is 211 Å². The van der Waals surface area contributed by atoms with Gasteiger partial charge in [-0.2, -0.15) is 0 Å². The Hall–Kier alpha value is -3.42. The number of aryl methyl sites for hydroxylation is 1. The first kappa shape index (κ1) is 27.2. The Bertz CT molecular complexity index is 1150. The lowest BCUT2D eigenvalue weighted by Crippen LogP contribution is -2.24. The number of halogens is 2. The van der Waals surface area contributed by atoms with Gasteiger partial charge >= 0.3 is 5.97 Å². The number of hydrogen-bond donors (Lipinski definition) is 2. The third kappa shape index (κ3) is 6.83. The van der Waals surface area contributed by atoms with Crippen LogP contribution in [0.4, 0.5) is 20.4 Å². The summed E-state index contributed by atoms with van der Waals surface area (Å²) in [6.07, 6.45) is 3.83. The van der Waals surface area contributed by atoms with Gasteiger partial charge in [0.2, 0.25) is 0 Å². The summed E-state index contributed by atoms with van der Waals surface area (Å²) in [7, 11) is 0. The van der Waals surface area contributed by atoms with E-state index in [2.05, 4.69) is 27.2 Å². The van der Waals surface area contributed by atoms with Crippen molar-refractivity contribution in [1.82, 2.24) is 15.0 Å². The normalized spacial score (nSPS) is 18.2. The van der Waals surface area contributed by atoms with E-state index in [4.69, 9.17) is 0 Å². The van der Waals surface area contributed by atoms with Gasteiger partial charge in [0, 0.05) is 35.1 Å².